The molecule has 2 aliphatic rings. The minimum absolute atomic E-state index is 0.0559. The number of amides is 2. The molecule has 0 unspecified atom stereocenters. The fourth-order valence-electron chi connectivity index (χ4n) is 3.31. The molecule has 2 amide bonds. The Bertz CT molecular complexity index is 848. The number of carbonyl (C=O) groups excluding carboxylic acids is 2. The highest BCUT2D eigenvalue weighted by molar-refractivity contribution is 7.08. The van der Waals surface area contributed by atoms with Crippen molar-refractivity contribution in [3.63, 3.8) is 0 Å². The van der Waals surface area contributed by atoms with Crippen LogP contribution in [0.5, 0.6) is 11.5 Å². The number of fused-ring (bicyclic) bond motifs is 1. The summed E-state index contributed by atoms with van der Waals surface area (Å²) >= 11 is 7.74. The maximum atomic E-state index is 12.8. The molecule has 27 heavy (non-hydrogen) atoms. The van der Waals surface area contributed by atoms with Crippen LogP contribution in [0.1, 0.15) is 33.6 Å². The average molecular weight is 407 g/mol. The van der Waals surface area contributed by atoms with Gasteiger partial charge in [-0.3, -0.25) is 9.59 Å². The number of nitrogens with one attached hydrogen (secondary N) is 1. The molecule has 0 radical (unpaired) electrons. The summed E-state index contributed by atoms with van der Waals surface area (Å²) in [7, 11) is 0. The Morgan fingerprint density at radius 2 is 1.93 bits per heavy atom. The van der Waals surface area contributed by atoms with Gasteiger partial charge in [-0.2, -0.15) is 11.3 Å². The molecule has 0 spiro atoms. The van der Waals surface area contributed by atoms with Crippen LogP contribution >= 0.6 is 22.9 Å². The van der Waals surface area contributed by atoms with E-state index in [9.17, 15) is 9.59 Å². The molecule has 0 aliphatic carbocycles. The van der Waals surface area contributed by atoms with Gasteiger partial charge in [0.15, 0.2) is 11.5 Å². The number of hydrogen-bond acceptors (Lipinski definition) is 5. The molecule has 0 bridgehead atoms. The van der Waals surface area contributed by atoms with Crippen molar-refractivity contribution < 1.29 is 19.1 Å². The second kappa shape index (κ2) is 7.78. The van der Waals surface area contributed by atoms with Crippen molar-refractivity contribution in [3.05, 3.63) is 45.1 Å². The van der Waals surface area contributed by atoms with Crippen LogP contribution in [0, 0.1) is 0 Å². The number of rotatable bonds is 3. The van der Waals surface area contributed by atoms with Crippen LogP contribution in [-0.4, -0.2) is 49.1 Å². The average Bonchev–Trinajstić information content (AvgIpc) is 3.23. The molecule has 142 valence electrons. The van der Waals surface area contributed by atoms with Gasteiger partial charge in [-0.25, -0.2) is 0 Å². The number of likely N-dealkylation sites (tertiary alicyclic amines) is 1. The van der Waals surface area contributed by atoms with Crippen LogP contribution < -0.4 is 14.8 Å². The molecule has 6 nitrogen and oxygen atoms in total. The lowest BCUT2D eigenvalue weighted by Crippen LogP contribution is -2.46. The number of nitrogens with zero attached hydrogens (tertiary/aromatic N) is 1. The van der Waals surface area contributed by atoms with Crippen LogP contribution in [-0.2, 0) is 0 Å². The molecule has 1 N–H and O–H groups in total. The van der Waals surface area contributed by atoms with Crippen molar-refractivity contribution >= 4 is 34.8 Å². The normalized spacial score (nSPS) is 16.9. The summed E-state index contributed by atoms with van der Waals surface area (Å²) in [5.41, 5.74) is 1.18. The van der Waals surface area contributed by atoms with Crippen LogP contribution in [0.15, 0.2) is 29.0 Å². The van der Waals surface area contributed by atoms with E-state index in [2.05, 4.69) is 5.32 Å². The Morgan fingerprint density at radius 1 is 1.15 bits per heavy atom. The Balaban J connectivity index is 1.37. The van der Waals surface area contributed by atoms with Crippen molar-refractivity contribution in [2.75, 3.05) is 26.3 Å². The largest absolute Gasteiger partial charge is 0.486 e. The van der Waals surface area contributed by atoms with Gasteiger partial charge in [-0.15, -0.1) is 0 Å². The standard InChI is InChI=1S/C19H19ClN2O4S/c20-15-9-13(10-16-17(15)26-7-6-25-16)19(24)22-4-1-14(2-5-22)21-18(23)12-3-8-27-11-12/h3,8-11,14H,1-2,4-7H2,(H,21,23). The molecular weight excluding hydrogens is 388 g/mol. The zero-order valence-electron chi connectivity index (χ0n) is 14.6. The first-order chi connectivity index (χ1) is 13.1. The van der Waals surface area contributed by atoms with E-state index >= 15 is 0 Å². The fraction of sp³-hybridized carbons (Fsp3) is 0.368. The van der Waals surface area contributed by atoms with E-state index in [0.29, 0.717) is 54.0 Å². The number of benzene rings is 1. The molecule has 0 saturated carbocycles. The van der Waals surface area contributed by atoms with Crippen molar-refractivity contribution in [3.8, 4) is 11.5 Å². The zero-order chi connectivity index (χ0) is 18.8. The lowest BCUT2D eigenvalue weighted by Gasteiger charge is -2.32. The van der Waals surface area contributed by atoms with Crippen molar-refractivity contribution in [1.29, 1.82) is 0 Å². The monoisotopic (exact) mass is 406 g/mol. The second-order valence-electron chi connectivity index (χ2n) is 6.53. The summed E-state index contributed by atoms with van der Waals surface area (Å²) in [5, 5.41) is 7.14. The molecule has 8 heteroatoms. The van der Waals surface area contributed by atoms with Crippen molar-refractivity contribution in [2.24, 2.45) is 0 Å². The molecule has 3 heterocycles. The third kappa shape index (κ3) is 3.89. The van der Waals surface area contributed by atoms with Gasteiger partial charge >= 0.3 is 0 Å². The van der Waals surface area contributed by atoms with Crippen LogP contribution in [0.25, 0.3) is 0 Å². The third-order valence-electron chi connectivity index (χ3n) is 4.74. The van der Waals surface area contributed by atoms with Gasteiger partial charge in [0.2, 0.25) is 0 Å². The molecule has 4 rings (SSSR count). The first kappa shape index (κ1) is 18.1. The van der Waals surface area contributed by atoms with E-state index in [0.717, 1.165) is 12.8 Å². The number of hydrogen-bond donors (Lipinski definition) is 1. The smallest absolute Gasteiger partial charge is 0.254 e. The molecule has 2 aromatic rings. The van der Waals surface area contributed by atoms with E-state index in [4.69, 9.17) is 21.1 Å². The lowest BCUT2D eigenvalue weighted by molar-refractivity contribution is 0.0697. The summed E-state index contributed by atoms with van der Waals surface area (Å²) in [5.74, 6) is 0.862. The molecular formula is C19H19ClN2O4S. The van der Waals surface area contributed by atoms with Gasteiger partial charge in [0.05, 0.1) is 5.02 Å². The summed E-state index contributed by atoms with van der Waals surface area (Å²) < 4.78 is 11.0. The molecule has 1 aromatic carbocycles. The Labute approximate surface area is 166 Å². The molecule has 2 aliphatic heterocycles. The number of ether oxygens (including phenoxy) is 2. The van der Waals surface area contributed by atoms with Crippen molar-refractivity contribution in [2.45, 2.75) is 18.9 Å². The summed E-state index contributed by atoms with van der Waals surface area (Å²) in [4.78, 5) is 26.8. The molecule has 1 aromatic heterocycles. The first-order valence-electron chi connectivity index (χ1n) is 8.83. The van der Waals surface area contributed by atoms with Gasteiger partial charge in [0.25, 0.3) is 11.8 Å². The number of halogens is 1. The number of piperidine rings is 1. The molecule has 1 fully saturated rings. The van der Waals surface area contributed by atoms with E-state index in [1.807, 2.05) is 16.8 Å². The van der Waals surface area contributed by atoms with Gasteiger partial charge in [-0.1, -0.05) is 11.6 Å². The minimum atomic E-state index is -0.0866. The number of carbonyl (C=O) groups is 2. The first-order valence-corrected chi connectivity index (χ1v) is 10.2. The highest BCUT2D eigenvalue weighted by Gasteiger charge is 2.27. The predicted molar refractivity (Wildman–Crippen MR) is 103 cm³/mol. The Kier molecular flexibility index (Phi) is 5.22. The maximum absolute atomic E-state index is 12.8. The Morgan fingerprint density at radius 3 is 2.67 bits per heavy atom. The highest BCUT2D eigenvalue weighted by Crippen LogP contribution is 2.38. The van der Waals surface area contributed by atoms with Gasteiger partial charge in [0.1, 0.15) is 13.2 Å². The quantitative estimate of drug-likeness (QED) is 0.849. The number of thiophene rings is 1. The maximum Gasteiger partial charge on any atom is 0.254 e. The van der Waals surface area contributed by atoms with E-state index < -0.39 is 0 Å². The van der Waals surface area contributed by atoms with Gasteiger partial charge < -0.3 is 19.7 Å². The third-order valence-corrected chi connectivity index (χ3v) is 5.71. The highest BCUT2D eigenvalue weighted by atomic mass is 35.5. The van der Waals surface area contributed by atoms with Crippen LogP contribution in [0.2, 0.25) is 5.02 Å². The van der Waals surface area contributed by atoms with E-state index in [1.165, 1.54) is 11.3 Å². The van der Waals surface area contributed by atoms with E-state index in [1.54, 1.807) is 17.0 Å². The van der Waals surface area contributed by atoms with Gasteiger partial charge in [0, 0.05) is 35.6 Å². The Hall–Kier alpha value is -2.25. The predicted octanol–water partition coefficient (Wildman–Crippen LogP) is 3.21. The zero-order valence-corrected chi connectivity index (χ0v) is 16.1. The molecule has 0 atom stereocenters. The van der Waals surface area contributed by atoms with E-state index in [-0.39, 0.29) is 17.9 Å². The van der Waals surface area contributed by atoms with Crippen LogP contribution in [0.3, 0.4) is 0 Å². The van der Waals surface area contributed by atoms with Crippen molar-refractivity contribution in [1.82, 2.24) is 10.2 Å². The summed E-state index contributed by atoms with van der Waals surface area (Å²) in [6.07, 6.45) is 1.44. The summed E-state index contributed by atoms with van der Waals surface area (Å²) in [6, 6.07) is 5.20. The van der Waals surface area contributed by atoms with Gasteiger partial charge in [-0.05, 0) is 36.4 Å². The van der Waals surface area contributed by atoms with Crippen LogP contribution in [0.4, 0.5) is 0 Å². The minimum Gasteiger partial charge on any atom is -0.486 e. The SMILES string of the molecule is O=C(NC1CCN(C(=O)c2cc(Cl)c3c(c2)OCCO3)CC1)c1ccsc1. The fourth-order valence-corrected chi connectivity index (χ4v) is 4.21. The lowest BCUT2D eigenvalue weighted by atomic mass is 10.0. The summed E-state index contributed by atoms with van der Waals surface area (Å²) in [6.45, 7) is 2.06. The molecule has 1 saturated heterocycles. The second-order valence-corrected chi connectivity index (χ2v) is 7.72. The topological polar surface area (TPSA) is 67.9 Å².